The first-order valence-electron chi connectivity index (χ1n) is 6.04. The molecule has 0 radical (unpaired) electrons. The summed E-state index contributed by atoms with van der Waals surface area (Å²) in [7, 11) is 0. The Labute approximate surface area is 120 Å². The zero-order valence-corrected chi connectivity index (χ0v) is 11.6. The molecule has 5 heteroatoms. The van der Waals surface area contributed by atoms with Crippen molar-refractivity contribution in [2.75, 3.05) is 6.26 Å². The molecule has 0 unspecified atom stereocenters. The molecule has 2 aromatic carbocycles. The number of rotatable bonds is 3. The van der Waals surface area contributed by atoms with Crippen LogP contribution in [0.2, 0.25) is 0 Å². The Bertz CT molecular complexity index is 723. The summed E-state index contributed by atoms with van der Waals surface area (Å²) in [4.78, 5) is 5.51. The Morgan fingerprint density at radius 2 is 1.80 bits per heavy atom. The average Bonchev–Trinajstić information content (AvgIpc) is 2.97. The molecule has 0 aliphatic carbocycles. The van der Waals surface area contributed by atoms with Crippen molar-refractivity contribution in [2.24, 2.45) is 0 Å². The Balaban J connectivity index is 2.00. The summed E-state index contributed by atoms with van der Waals surface area (Å²) in [5.41, 5.74) is 1.73. The van der Waals surface area contributed by atoms with E-state index in [0.29, 0.717) is 11.7 Å². The second kappa shape index (κ2) is 5.38. The number of phenols is 1. The van der Waals surface area contributed by atoms with E-state index < -0.39 is 0 Å². The average molecular weight is 284 g/mol. The molecule has 0 amide bonds. The first-order valence-corrected chi connectivity index (χ1v) is 7.27. The van der Waals surface area contributed by atoms with Gasteiger partial charge in [-0.25, -0.2) is 0 Å². The number of benzene rings is 2. The van der Waals surface area contributed by atoms with Gasteiger partial charge in [-0.2, -0.15) is 4.98 Å². The number of aromatic hydroxyl groups is 1. The van der Waals surface area contributed by atoms with Crippen LogP contribution in [0.5, 0.6) is 5.75 Å². The molecule has 100 valence electrons. The number of hydrogen-bond acceptors (Lipinski definition) is 5. The van der Waals surface area contributed by atoms with Gasteiger partial charge < -0.3 is 9.63 Å². The van der Waals surface area contributed by atoms with Gasteiger partial charge in [0.1, 0.15) is 5.75 Å². The fourth-order valence-corrected chi connectivity index (χ4v) is 2.47. The molecule has 0 spiro atoms. The number of aromatic nitrogens is 2. The van der Waals surface area contributed by atoms with E-state index in [4.69, 9.17) is 4.52 Å². The van der Waals surface area contributed by atoms with Crippen molar-refractivity contribution in [3.8, 4) is 28.6 Å². The van der Waals surface area contributed by atoms with Crippen molar-refractivity contribution in [3.63, 3.8) is 0 Å². The van der Waals surface area contributed by atoms with E-state index in [2.05, 4.69) is 10.1 Å². The molecule has 0 bridgehead atoms. The molecular formula is C15H12N2O2S. The van der Waals surface area contributed by atoms with E-state index in [1.54, 1.807) is 36.0 Å². The van der Waals surface area contributed by atoms with Gasteiger partial charge in [0.15, 0.2) is 0 Å². The van der Waals surface area contributed by atoms with Crippen molar-refractivity contribution >= 4 is 11.8 Å². The van der Waals surface area contributed by atoms with Crippen molar-refractivity contribution in [1.29, 1.82) is 0 Å². The van der Waals surface area contributed by atoms with Gasteiger partial charge in [-0.15, -0.1) is 11.8 Å². The lowest BCUT2D eigenvalue weighted by Gasteiger charge is -2.00. The van der Waals surface area contributed by atoms with E-state index in [0.717, 1.165) is 16.0 Å². The largest absolute Gasteiger partial charge is 0.508 e. The molecule has 1 heterocycles. The molecule has 0 aliphatic heterocycles. The molecule has 4 nitrogen and oxygen atoms in total. The maximum absolute atomic E-state index is 9.29. The monoisotopic (exact) mass is 284 g/mol. The number of hydrogen-bond donors (Lipinski definition) is 1. The van der Waals surface area contributed by atoms with Crippen LogP contribution in [0.4, 0.5) is 0 Å². The van der Waals surface area contributed by atoms with Crippen molar-refractivity contribution in [2.45, 2.75) is 4.90 Å². The lowest BCUT2D eigenvalue weighted by molar-refractivity contribution is 0.431. The van der Waals surface area contributed by atoms with Gasteiger partial charge >= 0.3 is 0 Å². The van der Waals surface area contributed by atoms with Crippen LogP contribution in [0.25, 0.3) is 22.8 Å². The van der Waals surface area contributed by atoms with Crippen molar-refractivity contribution in [3.05, 3.63) is 48.5 Å². The number of thioether (sulfide) groups is 1. The Morgan fingerprint density at radius 3 is 2.55 bits per heavy atom. The SMILES string of the molecule is CSc1ccccc1-c1nc(-c2ccc(O)cc2)no1. The topological polar surface area (TPSA) is 59.2 Å². The molecule has 0 fully saturated rings. The predicted molar refractivity (Wildman–Crippen MR) is 78.6 cm³/mol. The standard InChI is InChI=1S/C15H12N2O2S/c1-20-13-5-3-2-4-12(13)15-16-14(17-19-15)10-6-8-11(18)9-7-10/h2-9,18H,1H3. The van der Waals surface area contributed by atoms with Crippen LogP contribution in [0, 0.1) is 0 Å². The van der Waals surface area contributed by atoms with Gasteiger partial charge in [-0.1, -0.05) is 17.3 Å². The minimum absolute atomic E-state index is 0.213. The maximum Gasteiger partial charge on any atom is 0.259 e. The summed E-state index contributed by atoms with van der Waals surface area (Å²) in [5, 5.41) is 13.3. The van der Waals surface area contributed by atoms with Crippen molar-refractivity contribution < 1.29 is 9.63 Å². The summed E-state index contributed by atoms with van der Waals surface area (Å²) >= 11 is 1.64. The van der Waals surface area contributed by atoms with Gasteiger partial charge in [-0.3, -0.25) is 0 Å². The number of phenolic OH excluding ortho intramolecular Hbond substituents is 1. The minimum Gasteiger partial charge on any atom is -0.508 e. The third-order valence-corrected chi connectivity index (χ3v) is 3.68. The van der Waals surface area contributed by atoms with Crippen LogP contribution in [0.1, 0.15) is 0 Å². The third-order valence-electron chi connectivity index (χ3n) is 2.89. The fourth-order valence-electron chi connectivity index (χ4n) is 1.88. The maximum atomic E-state index is 9.29. The molecule has 1 N–H and O–H groups in total. The van der Waals surface area contributed by atoms with Gasteiger partial charge in [0.05, 0.1) is 5.56 Å². The first-order chi connectivity index (χ1) is 9.78. The van der Waals surface area contributed by atoms with E-state index in [1.165, 1.54) is 0 Å². The van der Waals surface area contributed by atoms with Gasteiger partial charge in [0.2, 0.25) is 5.82 Å². The van der Waals surface area contributed by atoms with Crippen LogP contribution in [-0.4, -0.2) is 21.5 Å². The predicted octanol–water partition coefficient (Wildman–Crippen LogP) is 3.83. The highest BCUT2D eigenvalue weighted by molar-refractivity contribution is 7.98. The van der Waals surface area contributed by atoms with Gasteiger partial charge in [0, 0.05) is 10.5 Å². The van der Waals surface area contributed by atoms with Crippen LogP contribution >= 0.6 is 11.8 Å². The summed E-state index contributed by atoms with van der Waals surface area (Å²) in [6, 6.07) is 14.6. The first kappa shape index (κ1) is 12.7. The Kier molecular flexibility index (Phi) is 3.43. The molecule has 0 saturated carbocycles. The molecule has 3 rings (SSSR count). The number of nitrogens with zero attached hydrogens (tertiary/aromatic N) is 2. The molecule has 0 aliphatic rings. The second-order valence-corrected chi connectivity index (χ2v) is 5.02. The second-order valence-electron chi connectivity index (χ2n) is 4.17. The molecular weight excluding hydrogens is 272 g/mol. The zero-order valence-electron chi connectivity index (χ0n) is 10.8. The van der Waals surface area contributed by atoms with Crippen LogP contribution < -0.4 is 0 Å². The van der Waals surface area contributed by atoms with E-state index in [1.807, 2.05) is 30.5 Å². The van der Waals surface area contributed by atoms with Crippen LogP contribution in [-0.2, 0) is 0 Å². The fraction of sp³-hybridized carbons (Fsp3) is 0.0667. The van der Waals surface area contributed by atoms with Crippen LogP contribution in [0.15, 0.2) is 57.9 Å². The highest BCUT2D eigenvalue weighted by Crippen LogP contribution is 2.30. The third kappa shape index (κ3) is 2.40. The molecule has 0 atom stereocenters. The summed E-state index contributed by atoms with van der Waals surface area (Å²) in [5.74, 6) is 1.22. The Hall–Kier alpha value is -2.27. The highest BCUT2D eigenvalue weighted by atomic mass is 32.2. The summed E-state index contributed by atoms with van der Waals surface area (Å²) < 4.78 is 5.34. The zero-order chi connectivity index (χ0) is 13.9. The van der Waals surface area contributed by atoms with Crippen LogP contribution in [0.3, 0.4) is 0 Å². The minimum atomic E-state index is 0.213. The van der Waals surface area contributed by atoms with E-state index >= 15 is 0 Å². The van der Waals surface area contributed by atoms with Crippen molar-refractivity contribution in [1.82, 2.24) is 10.1 Å². The van der Waals surface area contributed by atoms with E-state index in [9.17, 15) is 5.11 Å². The quantitative estimate of drug-likeness (QED) is 0.741. The lowest BCUT2D eigenvalue weighted by Crippen LogP contribution is -1.83. The molecule has 1 aromatic heterocycles. The summed E-state index contributed by atoms with van der Waals surface area (Å²) in [6.07, 6.45) is 2.01. The normalized spacial score (nSPS) is 10.7. The molecule has 3 aromatic rings. The molecule has 20 heavy (non-hydrogen) atoms. The Morgan fingerprint density at radius 1 is 1.05 bits per heavy atom. The summed E-state index contributed by atoms with van der Waals surface area (Å²) in [6.45, 7) is 0. The van der Waals surface area contributed by atoms with E-state index in [-0.39, 0.29) is 5.75 Å². The molecule has 0 saturated heterocycles. The van der Waals surface area contributed by atoms with Gasteiger partial charge in [0.25, 0.3) is 5.89 Å². The smallest absolute Gasteiger partial charge is 0.259 e. The van der Waals surface area contributed by atoms with Gasteiger partial charge in [-0.05, 0) is 42.7 Å². The lowest BCUT2D eigenvalue weighted by atomic mass is 10.2. The highest BCUT2D eigenvalue weighted by Gasteiger charge is 2.13.